The van der Waals surface area contributed by atoms with E-state index in [9.17, 15) is 9.59 Å². The van der Waals surface area contributed by atoms with E-state index < -0.39 is 5.91 Å². The first kappa shape index (κ1) is 20.6. The van der Waals surface area contributed by atoms with Gasteiger partial charge < -0.3 is 10.6 Å². The second kappa shape index (κ2) is 9.89. The Bertz CT molecular complexity index is 934. The SMILES string of the molecule is NC(=O)CN(C(=O)c1ccccc1)C1CCc2cc(Cl)ccc21.c1ccccc1. The quantitative estimate of drug-likeness (QED) is 0.685. The topological polar surface area (TPSA) is 63.4 Å². The standard InChI is InChI=1S/C18H17ClN2O2.C6H6/c19-14-7-8-15-13(10-14)6-9-16(15)21(11-17(20)22)18(23)12-4-2-1-3-5-12;1-2-4-6-5-3-1/h1-5,7-8,10,16H,6,9,11H2,(H2,20,22);1-6H. The number of nitrogens with two attached hydrogens (primary N) is 1. The molecule has 3 aromatic rings. The molecule has 0 aromatic heterocycles. The van der Waals surface area contributed by atoms with Crippen molar-refractivity contribution in [2.75, 3.05) is 6.54 Å². The van der Waals surface area contributed by atoms with Gasteiger partial charge in [-0.05, 0) is 48.2 Å². The number of hydrogen-bond acceptors (Lipinski definition) is 2. The second-order valence-corrected chi connectivity index (χ2v) is 7.25. The van der Waals surface area contributed by atoms with Gasteiger partial charge in [0.05, 0.1) is 6.04 Å². The molecular formula is C24H23ClN2O2. The normalized spacial score (nSPS) is 14.3. The van der Waals surface area contributed by atoms with Gasteiger partial charge in [0.15, 0.2) is 0 Å². The molecule has 4 nitrogen and oxygen atoms in total. The monoisotopic (exact) mass is 406 g/mol. The highest BCUT2D eigenvalue weighted by Gasteiger charge is 2.32. The number of halogens is 1. The van der Waals surface area contributed by atoms with Crippen LogP contribution in [0.25, 0.3) is 0 Å². The number of benzene rings is 3. The van der Waals surface area contributed by atoms with E-state index in [0.717, 1.165) is 24.0 Å². The second-order valence-electron chi connectivity index (χ2n) is 6.82. The van der Waals surface area contributed by atoms with Crippen LogP contribution in [-0.4, -0.2) is 23.3 Å². The minimum Gasteiger partial charge on any atom is -0.368 e. The summed E-state index contributed by atoms with van der Waals surface area (Å²) in [6.45, 7) is -0.0968. The minimum atomic E-state index is -0.517. The molecule has 3 aromatic carbocycles. The summed E-state index contributed by atoms with van der Waals surface area (Å²) < 4.78 is 0. The molecule has 1 aliphatic carbocycles. The van der Waals surface area contributed by atoms with Crippen molar-refractivity contribution >= 4 is 23.4 Å². The first-order valence-corrected chi connectivity index (χ1v) is 9.86. The summed E-state index contributed by atoms with van der Waals surface area (Å²) in [5, 5.41) is 0.681. The third-order valence-electron chi connectivity index (χ3n) is 4.80. The zero-order chi connectivity index (χ0) is 20.6. The van der Waals surface area contributed by atoms with E-state index in [0.29, 0.717) is 10.6 Å². The number of fused-ring (bicyclic) bond motifs is 1. The molecule has 0 bridgehead atoms. The van der Waals surface area contributed by atoms with Crippen molar-refractivity contribution in [1.29, 1.82) is 0 Å². The summed E-state index contributed by atoms with van der Waals surface area (Å²) in [5.41, 5.74) is 8.08. The highest BCUT2D eigenvalue weighted by Crippen LogP contribution is 2.37. The number of rotatable bonds is 4. The fourth-order valence-electron chi connectivity index (χ4n) is 3.51. The summed E-state index contributed by atoms with van der Waals surface area (Å²) in [7, 11) is 0. The van der Waals surface area contributed by atoms with Gasteiger partial charge in [-0.25, -0.2) is 0 Å². The van der Waals surface area contributed by atoms with Crippen molar-refractivity contribution in [1.82, 2.24) is 4.90 Å². The maximum Gasteiger partial charge on any atom is 0.254 e. The van der Waals surface area contributed by atoms with Gasteiger partial charge in [0.2, 0.25) is 5.91 Å². The van der Waals surface area contributed by atoms with E-state index in [2.05, 4.69) is 0 Å². The van der Waals surface area contributed by atoms with Crippen LogP contribution in [-0.2, 0) is 11.2 Å². The number of aryl methyl sites for hydroxylation is 1. The predicted octanol–water partition coefficient (Wildman–Crippen LogP) is 4.64. The number of amides is 2. The van der Waals surface area contributed by atoms with Crippen LogP contribution in [0.2, 0.25) is 5.02 Å². The summed E-state index contributed by atoms with van der Waals surface area (Å²) >= 11 is 6.04. The van der Waals surface area contributed by atoms with Gasteiger partial charge in [0.25, 0.3) is 5.91 Å². The first-order chi connectivity index (χ1) is 14.1. The Balaban J connectivity index is 0.000000343. The lowest BCUT2D eigenvalue weighted by atomic mass is 10.1. The minimum absolute atomic E-state index is 0.0968. The van der Waals surface area contributed by atoms with Crippen LogP contribution in [0.1, 0.15) is 33.9 Å². The average Bonchev–Trinajstić information content (AvgIpc) is 3.16. The van der Waals surface area contributed by atoms with Gasteiger partial charge in [-0.3, -0.25) is 9.59 Å². The Morgan fingerprint density at radius 1 is 0.931 bits per heavy atom. The van der Waals surface area contributed by atoms with Crippen LogP contribution in [0, 0.1) is 0 Å². The molecular weight excluding hydrogens is 384 g/mol. The number of carbonyl (C=O) groups is 2. The summed E-state index contributed by atoms with van der Waals surface area (Å²) in [6.07, 6.45) is 1.60. The van der Waals surface area contributed by atoms with Gasteiger partial charge in [-0.2, -0.15) is 0 Å². The number of carbonyl (C=O) groups excluding carboxylic acids is 2. The molecule has 0 fully saturated rings. The first-order valence-electron chi connectivity index (χ1n) is 9.49. The lowest BCUT2D eigenvalue weighted by molar-refractivity contribution is -0.119. The van der Waals surface area contributed by atoms with Gasteiger partial charge in [0.1, 0.15) is 6.54 Å². The lowest BCUT2D eigenvalue weighted by Crippen LogP contribution is -2.40. The molecule has 1 unspecified atom stereocenters. The molecule has 0 saturated heterocycles. The van der Waals surface area contributed by atoms with Crippen LogP contribution >= 0.6 is 11.6 Å². The van der Waals surface area contributed by atoms with E-state index in [-0.39, 0.29) is 18.5 Å². The van der Waals surface area contributed by atoms with E-state index in [1.165, 1.54) is 0 Å². The molecule has 29 heavy (non-hydrogen) atoms. The molecule has 0 saturated carbocycles. The van der Waals surface area contributed by atoms with Crippen molar-refractivity contribution in [3.8, 4) is 0 Å². The van der Waals surface area contributed by atoms with Gasteiger partial charge >= 0.3 is 0 Å². The van der Waals surface area contributed by atoms with E-state index >= 15 is 0 Å². The molecule has 148 valence electrons. The third kappa shape index (κ3) is 5.46. The zero-order valence-corrected chi connectivity index (χ0v) is 16.8. The Morgan fingerprint density at radius 3 is 2.10 bits per heavy atom. The lowest BCUT2D eigenvalue weighted by Gasteiger charge is -2.29. The van der Waals surface area contributed by atoms with Crippen molar-refractivity contribution in [3.05, 3.63) is 107 Å². The molecule has 0 heterocycles. The fraction of sp³-hybridized carbons (Fsp3) is 0.167. The molecule has 4 rings (SSSR count). The number of primary amides is 1. The molecule has 2 amide bonds. The molecule has 0 spiro atoms. The molecule has 0 radical (unpaired) electrons. The molecule has 1 aliphatic rings. The third-order valence-corrected chi connectivity index (χ3v) is 5.04. The van der Waals surface area contributed by atoms with Crippen molar-refractivity contribution < 1.29 is 9.59 Å². The highest BCUT2D eigenvalue weighted by molar-refractivity contribution is 6.30. The fourth-order valence-corrected chi connectivity index (χ4v) is 3.70. The van der Waals surface area contributed by atoms with Gasteiger partial charge in [-0.1, -0.05) is 72.3 Å². The summed E-state index contributed by atoms with van der Waals surface area (Å²) in [6, 6.07) is 26.5. The summed E-state index contributed by atoms with van der Waals surface area (Å²) in [5.74, 6) is -0.700. The number of nitrogens with zero attached hydrogens (tertiary/aromatic N) is 1. The molecule has 0 aliphatic heterocycles. The Morgan fingerprint density at radius 2 is 1.52 bits per heavy atom. The van der Waals surface area contributed by atoms with Crippen molar-refractivity contribution in [2.45, 2.75) is 18.9 Å². The van der Waals surface area contributed by atoms with Gasteiger partial charge in [0, 0.05) is 10.6 Å². The smallest absolute Gasteiger partial charge is 0.254 e. The molecule has 2 N–H and O–H groups in total. The van der Waals surface area contributed by atoms with Crippen molar-refractivity contribution in [2.24, 2.45) is 5.73 Å². The Kier molecular flexibility index (Phi) is 7.04. The highest BCUT2D eigenvalue weighted by atomic mass is 35.5. The van der Waals surface area contributed by atoms with Crippen LogP contribution in [0.3, 0.4) is 0 Å². The van der Waals surface area contributed by atoms with Gasteiger partial charge in [-0.15, -0.1) is 0 Å². The van der Waals surface area contributed by atoms with Crippen LogP contribution in [0.15, 0.2) is 84.9 Å². The van der Waals surface area contributed by atoms with Crippen LogP contribution in [0.4, 0.5) is 0 Å². The number of hydrogen-bond donors (Lipinski definition) is 1. The molecule has 1 atom stereocenters. The van der Waals surface area contributed by atoms with E-state index in [1.54, 1.807) is 29.2 Å². The van der Waals surface area contributed by atoms with Crippen LogP contribution in [0.5, 0.6) is 0 Å². The molecule has 5 heteroatoms. The van der Waals surface area contributed by atoms with Crippen LogP contribution < -0.4 is 5.73 Å². The largest absolute Gasteiger partial charge is 0.368 e. The zero-order valence-electron chi connectivity index (χ0n) is 16.0. The summed E-state index contributed by atoms with van der Waals surface area (Å²) in [4.78, 5) is 25.9. The Labute approximate surface area is 175 Å². The van der Waals surface area contributed by atoms with E-state index in [4.69, 9.17) is 17.3 Å². The van der Waals surface area contributed by atoms with E-state index in [1.807, 2.05) is 60.7 Å². The van der Waals surface area contributed by atoms with Crippen molar-refractivity contribution in [3.63, 3.8) is 0 Å². The maximum atomic E-state index is 12.8. The maximum absolute atomic E-state index is 12.8. The average molecular weight is 407 g/mol. The Hall–Kier alpha value is -3.11. The predicted molar refractivity (Wildman–Crippen MR) is 116 cm³/mol.